The molecule has 1 aliphatic heterocycles. The van der Waals surface area contributed by atoms with E-state index in [0.717, 1.165) is 18.6 Å². The molecule has 1 saturated heterocycles. The first-order valence-corrected chi connectivity index (χ1v) is 19.2. The summed E-state index contributed by atoms with van der Waals surface area (Å²) >= 11 is 0. The van der Waals surface area contributed by atoms with Crippen LogP contribution in [0.15, 0.2) is 30.3 Å². The van der Waals surface area contributed by atoms with Crippen molar-refractivity contribution < 1.29 is 43.7 Å². The number of fused-ring (bicyclic) bond motifs is 1. The summed E-state index contributed by atoms with van der Waals surface area (Å²) in [6.45, 7) is 13.3. The third-order valence-electron chi connectivity index (χ3n) is 10.1. The van der Waals surface area contributed by atoms with Gasteiger partial charge in [-0.2, -0.15) is 0 Å². The summed E-state index contributed by atoms with van der Waals surface area (Å²) in [4.78, 5) is 66.1. The van der Waals surface area contributed by atoms with E-state index in [-0.39, 0.29) is 48.7 Å². The Balaban J connectivity index is 1.58. The highest BCUT2D eigenvalue weighted by Gasteiger charge is 2.41. The molecular weight excluding hydrogens is 682 g/mol. The molecule has 1 aromatic rings. The van der Waals surface area contributed by atoms with Gasteiger partial charge < -0.3 is 46.3 Å². The second-order valence-electron chi connectivity index (χ2n) is 15.8. The van der Waals surface area contributed by atoms with Crippen LogP contribution in [0.1, 0.15) is 92.6 Å². The van der Waals surface area contributed by atoms with Gasteiger partial charge in [0.1, 0.15) is 24.2 Å². The Bertz CT molecular complexity index is 1330. The topological polar surface area (TPSA) is 204 Å². The molecule has 0 bridgehead atoms. The molecular formula is C39H63N5O9. The van der Waals surface area contributed by atoms with E-state index in [1.54, 1.807) is 20.8 Å². The highest BCUT2D eigenvalue weighted by Crippen LogP contribution is 2.37. The van der Waals surface area contributed by atoms with Crippen molar-refractivity contribution in [1.82, 2.24) is 26.6 Å². The van der Waals surface area contributed by atoms with Crippen LogP contribution in [0.4, 0.5) is 4.79 Å². The summed E-state index contributed by atoms with van der Waals surface area (Å²) in [7, 11) is 0. The predicted molar refractivity (Wildman–Crippen MR) is 199 cm³/mol. The molecule has 0 radical (unpaired) electrons. The van der Waals surface area contributed by atoms with Crippen LogP contribution in [0.2, 0.25) is 0 Å². The molecule has 1 aliphatic carbocycles. The molecule has 1 aromatic carbocycles. The van der Waals surface area contributed by atoms with Gasteiger partial charge in [-0.15, -0.1) is 0 Å². The summed E-state index contributed by atoms with van der Waals surface area (Å²) < 4.78 is 11.3. The molecule has 2 aliphatic rings. The molecule has 14 heteroatoms. The SMILES string of the molecule is CC(C)C[C@H](NC(=O)[C@H](CCO)NC(=O)[C@@H](NC(=O)O[C@@H]1C[C@@H]2CCO[C@@H]2C1)C(C)C)[C@@H](O)C[C@@H](C)C(=O)N[C@H](C(=O)NCc1ccccc1)C(C)C. The summed E-state index contributed by atoms with van der Waals surface area (Å²) in [5.74, 6) is -2.79. The van der Waals surface area contributed by atoms with Gasteiger partial charge in [0.15, 0.2) is 0 Å². The molecule has 14 nitrogen and oxygen atoms in total. The van der Waals surface area contributed by atoms with E-state index >= 15 is 0 Å². The molecule has 9 atom stereocenters. The van der Waals surface area contributed by atoms with Gasteiger partial charge >= 0.3 is 6.09 Å². The van der Waals surface area contributed by atoms with Crippen molar-refractivity contribution in [3.8, 4) is 0 Å². The van der Waals surface area contributed by atoms with Crippen molar-refractivity contribution in [2.45, 2.75) is 136 Å². The number of carbonyl (C=O) groups excluding carboxylic acids is 5. The first-order chi connectivity index (χ1) is 25.1. The fraction of sp³-hybridized carbons (Fsp3) is 0.718. The number of rotatable bonds is 20. The highest BCUT2D eigenvalue weighted by molar-refractivity contribution is 5.91. The normalized spacial score (nSPS) is 21.5. The largest absolute Gasteiger partial charge is 0.446 e. The van der Waals surface area contributed by atoms with E-state index in [4.69, 9.17) is 9.47 Å². The fourth-order valence-corrected chi connectivity index (χ4v) is 6.98. The number of aliphatic hydroxyl groups excluding tert-OH is 2. The lowest BCUT2D eigenvalue weighted by atomic mass is 9.91. The Hall–Kier alpha value is -3.75. The van der Waals surface area contributed by atoms with Gasteiger partial charge in [-0.05, 0) is 61.3 Å². The fourth-order valence-electron chi connectivity index (χ4n) is 6.98. The number of alkyl carbamates (subject to hydrolysis) is 1. The lowest BCUT2D eigenvalue weighted by Gasteiger charge is -2.30. The van der Waals surface area contributed by atoms with Crippen LogP contribution in [0, 0.1) is 29.6 Å². The van der Waals surface area contributed by atoms with Gasteiger partial charge in [-0.3, -0.25) is 19.2 Å². The number of hydrogen-bond acceptors (Lipinski definition) is 9. The maximum absolute atomic E-state index is 13.6. The molecule has 0 spiro atoms. The third kappa shape index (κ3) is 13.9. The van der Waals surface area contributed by atoms with Crippen molar-refractivity contribution in [3.05, 3.63) is 35.9 Å². The lowest BCUT2D eigenvalue weighted by Crippen LogP contribution is -2.58. The average molecular weight is 746 g/mol. The maximum Gasteiger partial charge on any atom is 0.408 e. The first kappa shape index (κ1) is 43.7. The van der Waals surface area contributed by atoms with E-state index in [1.165, 1.54) is 0 Å². The van der Waals surface area contributed by atoms with E-state index in [9.17, 15) is 34.2 Å². The van der Waals surface area contributed by atoms with Crippen LogP contribution < -0.4 is 26.6 Å². The number of hydrogen-bond donors (Lipinski definition) is 7. The van der Waals surface area contributed by atoms with Gasteiger partial charge in [0.2, 0.25) is 23.6 Å². The van der Waals surface area contributed by atoms with Crippen molar-refractivity contribution in [2.24, 2.45) is 29.6 Å². The summed E-state index contributed by atoms with van der Waals surface area (Å²) in [5, 5.41) is 35.0. The van der Waals surface area contributed by atoms with Crippen LogP contribution in [0.3, 0.4) is 0 Å². The quantitative estimate of drug-likeness (QED) is 0.105. The molecule has 53 heavy (non-hydrogen) atoms. The van der Waals surface area contributed by atoms with Gasteiger partial charge in [-0.25, -0.2) is 4.79 Å². The van der Waals surface area contributed by atoms with E-state index in [1.807, 2.05) is 58.0 Å². The third-order valence-corrected chi connectivity index (χ3v) is 10.1. The summed E-state index contributed by atoms with van der Waals surface area (Å²) in [6.07, 6.45) is 0.456. The second kappa shape index (κ2) is 21.2. The number of amides is 5. The van der Waals surface area contributed by atoms with Gasteiger partial charge in [0.25, 0.3) is 0 Å². The van der Waals surface area contributed by atoms with Crippen LogP contribution >= 0.6 is 0 Å². The molecule has 3 rings (SSSR count). The molecule has 1 heterocycles. The number of ether oxygens (including phenoxy) is 2. The van der Waals surface area contributed by atoms with Crippen molar-refractivity contribution in [3.63, 3.8) is 0 Å². The Morgan fingerprint density at radius 2 is 1.47 bits per heavy atom. The molecule has 1 saturated carbocycles. The van der Waals surface area contributed by atoms with Crippen LogP contribution in [-0.4, -0.2) is 95.6 Å². The van der Waals surface area contributed by atoms with Crippen molar-refractivity contribution in [1.29, 1.82) is 0 Å². The zero-order valence-electron chi connectivity index (χ0n) is 32.4. The van der Waals surface area contributed by atoms with Gasteiger partial charge in [0, 0.05) is 32.1 Å². The molecule has 0 aromatic heterocycles. The smallest absolute Gasteiger partial charge is 0.408 e. The molecule has 5 amide bonds. The number of carbonyl (C=O) groups is 5. The minimum Gasteiger partial charge on any atom is -0.446 e. The second-order valence-corrected chi connectivity index (χ2v) is 15.8. The Kier molecular flexibility index (Phi) is 17.5. The molecule has 2 fully saturated rings. The van der Waals surface area contributed by atoms with E-state index in [0.29, 0.717) is 31.7 Å². The number of aliphatic hydroxyl groups is 2. The monoisotopic (exact) mass is 745 g/mol. The van der Waals surface area contributed by atoms with Gasteiger partial charge in [0.05, 0.1) is 18.2 Å². The van der Waals surface area contributed by atoms with Crippen LogP contribution in [-0.2, 0) is 35.2 Å². The van der Waals surface area contributed by atoms with E-state index < -0.39 is 66.6 Å². The van der Waals surface area contributed by atoms with Crippen molar-refractivity contribution in [2.75, 3.05) is 13.2 Å². The number of nitrogens with one attached hydrogen (secondary N) is 5. The standard InChI is InChI=1S/C39H63N5O9/c1-22(2)17-30(31(46)18-25(7)35(47)43-33(23(3)4)37(49)40-21-26-11-9-8-10-12-26)42-36(48)29(13-15-45)41-38(50)34(24(5)6)44-39(51)53-28-19-27-14-16-52-32(27)20-28/h8-12,22-25,27-34,45-46H,13-21H2,1-7H3,(H,40,49)(H,41,50)(H,42,48)(H,43,47)(H,44,51)/t25-,27+,28-,29+,30+,31+,32-,33+,34+/m1/s1. The van der Waals surface area contributed by atoms with Crippen LogP contribution in [0.5, 0.6) is 0 Å². The number of benzene rings is 1. The zero-order chi connectivity index (χ0) is 39.2. The minimum atomic E-state index is -1.17. The Morgan fingerprint density at radius 3 is 2.08 bits per heavy atom. The molecule has 0 unspecified atom stereocenters. The molecule has 7 N–H and O–H groups in total. The minimum absolute atomic E-state index is 0.00690. The van der Waals surface area contributed by atoms with Crippen LogP contribution in [0.25, 0.3) is 0 Å². The summed E-state index contributed by atoms with van der Waals surface area (Å²) in [5.41, 5.74) is 0.929. The van der Waals surface area contributed by atoms with E-state index in [2.05, 4.69) is 26.6 Å². The predicted octanol–water partition coefficient (Wildman–Crippen LogP) is 2.55. The Labute approximate surface area is 314 Å². The van der Waals surface area contributed by atoms with Crippen molar-refractivity contribution >= 4 is 29.7 Å². The summed E-state index contributed by atoms with van der Waals surface area (Å²) in [6, 6.07) is 5.69. The average Bonchev–Trinajstić information content (AvgIpc) is 3.69. The maximum atomic E-state index is 13.6. The first-order valence-electron chi connectivity index (χ1n) is 19.2. The zero-order valence-corrected chi connectivity index (χ0v) is 32.4. The highest BCUT2D eigenvalue weighted by atomic mass is 16.6. The lowest BCUT2D eigenvalue weighted by molar-refractivity contribution is -0.133. The Morgan fingerprint density at radius 1 is 0.811 bits per heavy atom. The molecule has 298 valence electrons. The van der Waals surface area contributed by atoms with Gasteiger partial charge in [-0.1, -0.05) is 78.8 Å².